The molecule has 1 nitrogen and oxygen atoms in total. The second kappa shape index (κ2) is 16.0. The Labute approximate surface area is 263 Å². The SMILES string of the molecule is CCCCCOc1ccc(-c2ccc(-c3ccc(C4CCC(C5CCC(CCCCC)CC5)CC4)cc3F)cc2)c(F)c1F. The third-order valence-corrected chi connectivity index (χ3v) is 10.6. The fourth-order valence-corrected chi connectivity index (χ4v) is 7.80. The van der Waals surface area contributed by atoms with E-state index >= 15 is 4.39 Å². The van der Waals surface area contributed by atoms with Crippen LogP contribution in [0.15, 0.2) is 54.6 Å². The summed E-state index contributed by atoms with van der Waals surface area (Å²) in [6.45, 7) is 4.73. The molecular weight excluding hydrogens is 553 g/mol. The molecule has 0 heterocycles. The van der Waals surface area contributed by atoms with E-state index in [1.807, 2.05) is 6.07 Å². The Balaban J connectivity index is 1.16. The quantitative estimate of drug-likeness (QED) is 0.176. The van der Waals surface area contributed by atoms with Gasteiger partial charge in [-0.05, 0) is 104 Å². The largest absolute Gasteiger partial charge is 0.490 e. The predicted octanol–water partition coefficient (Wildman–Crippen LogP) is 12.7. The topological polar surface area (TPSA) is 9.23 Å². The van der Waals surface area contributed by atoms with Gasteiger partial charge in [0, 0.05) is 11.1 Å². The highest BCUT2D eigenvalue weighted by Crippen LogP contribution is 2.45. The molecular formula is C40H51F3O. The van der Waals surface area contributed by atoms with Crippen molar-refractivity contribution in [2.24, 2.45) is 17.8 Å². The summed E-state index contributed by atoms with van der Waals surface area (Å²) in [5.41, 5.74) is 3.08. The zero-order chi connectivity index (χ0) is 30.9. The molecule has 0 unspecified atom stereocenters. The molecule has 238 valence electrons. The number of rotatable bonds is 13. The Hall–Kier alpha value is -2.75. The first-order chi connectivity index (χ1) is 21.5. The standard InChI is InChI=1S/C40H51F3O/c1-3-5-7-9-28-10-12-29(13-11-28)30-14-16-31(17-15-30)34-22-23-35(37(41)27-34)32-18-20-33(21-19-32)36-24-25-38(40(43)39(36)42)44-26-8-6-4-2/h18-25,27-31H,3-17,26H2,1-2H3. The Bertz CT molecular complexity index is 1320. The lowest BCUT2D eigenvalue weighted by molar-refractivity contribution is 0.155. The molecule has 0 aromatic heterocycles. The minimum atomic E-state index is -0.969. The third-order valence-electron chi connectivity index (χ3n) is 10.6. The van der Waals surface area contributed by atoms with E-state index in [9.17, 15) is 8.78 Å². The number of benzene rings is 3. The fraction of sp³-hybridized carbons (Fsp3) is 0.550. The lowest BCUT2D eigenvalue weighted by Gasteiger charge is -2.38. The predicted molar refractivity (Wildman–Crippen MR) is 176 cm³/mol. The lowest BCUT2D eigenvalue weighted by atomic mass is 9.68. The number of unbranched alkanes of at least 4 members (excludes halogenated alkanes) is 4. The highest BCUT2D eigenvalue weighted by Gasteiger charge is 2.31. The van der Waals surface area contributed by atoms with Gasteiger partial charge in [-0.25, -0.2) is 8.78 Å². The minimum Gasteiger partial charge on any atom is -0.490 e. The Morgan fingerprint density at radius 1 is 0.614 bits per heavy atom. The molecule has 2 aliphatic carbocycles. The van der Waals surface area contributed by atoms with Crippen LogP contribution >= 0.6 is 0 Å². The highest BCUT2D eigenvalue weighted by atomic mass is 19.2. The second-order valence-electron chi connectivity index (χ2n) is 13.5. The lowest BCUT2D eigenvalue weighted by Crippen LogP contribution is -2.25. The number of hydrogen-bond acceptors (Lipinski definition) is 1. The summed E-state index contributed by atoms with van der Waals surface area (Å²) in [5, 5.41) is 0. The van der Waals surface area contributed by atoms with Crippen molar-refractivity contribution in [2.45, 2.75) is 116 Å². The van der Waals surface area contributed by atoms with Gasteiger partial charge in [-0.15, -0.1) is 0 Å². The Morgan fingerprint density at radius 3 is 1.84 bits per heavy atom. The molecule has 2 aliphatic rings. The molecule has 2 saturated carbocycles. The number of halogens is 3. The maximum Gasteiger partial charge on any atom is 0.201 e. The van der Waals surface area contributed by atoms with Crippen molar-refractivity contribution in [1.29, 1.82) is 0 Å². The first-order valence-electron chi connectivity index (χ1n) is 17.5. The van der Waals surface area contributed by atoms with Crippen LogP contribution in [0.25, 0.3) is 22.3 Å². The van der Waals surface area contributed by atoms with Gasteiger partial charge in [-0.1, -0.05) is 102 Å². The maximum absolute atomic E-state index is 15.4. The summed E-state index contributed by atoms with van der Waals surface area (Å²) in [6.07, 6.45) is 18.9. The zero-order valence-electron chi connectivity index (χ0n) is 26.9. The van der Waals surface area contributed by atoms with E-state index in [0.717, 1.165) is 61.0 Å². The van der Waals surface area contributed by atoms with Crippen LogP contribution in [0.2, 0.25) is 0 Å². The third kappa shape index (κ3) is 8.09. The summed E-state index contributed by atoms with van der Waals surface area (Å²) in [7, 11) is 0. The van der Waals surface area contributed by atoms with Crippen molar-refractivity contribution in [3.05, 3.63) is 77.6 Å². The summed E-state index contributed by atoms with van der Waals surface area (Å²) in [5.74, 6) is 0.956. The van der Waals surface area contributed by atoms with E-state index in [2.05, 4.69) is 19.9 Å². The van der Waals surface area contributed by atoms with Crippen LogP contribution in [0.1, 0.15) is 122 Å². The van der Waals surface area contributed by atoms with Crippen LogP contribution in [0, 0.1) is 35.2 Å². The van der Waals surface area contributed by atoms with Crippen LogP contribution in [0.4, 0.5) is 13.2 Å². The van der Waals surface area contributed by atoms with Crippen LogP contribution in [0.5, 0.6) is 5.75 Å². The molecule has 3 aromatic carbocycles. The van der Waals surface area contributed by atoms with Gasteiger partial charge in [0.1, 0.15) is 5.82 Å². The van der Waals surface area contributed by atoms with E-state index in [4.69, 9.17) is 4.74 Å². The van der Waals surface area contributed by atoms with Gasteiger partial charge in [0.25, 0.3) is 0 Å². The molecule has 0 atom stereocenters. The molecule has 44 heavy (non-hydrogen) atoms. The van der Waals surface area contributed by atoms with E-state index < -0.39 is 11.6 Å². The smallest absolute Gasteiger partial charge is 0.201 e. The van der Waals surface area contributed by atoms with E-state index in [1.54, 1.807) is 36.4 Å². The average Bonchev–Trinajstić information content (AvgIpc) is 3.06. The second-order valence-corrected chi connectivity index (χ2v) is 13.5. The van der Waals surface area contributed by atoms with E-state index in [1.165, 1.54) is 70.3 Å². The summed E-state index contributed by atoms with van der Waals surface area (Å²) in [6, 6.07) is 15.7. The van der Waals surface area contributed by atoms with Crippen molar-refractivity contribution >= 4 is 0 Å². The van der Waals surface area contributed by atoms with Gasteiger partial charge in [-0.3, -0.25) is 0 Å². The zero-order valence-corrected chi connectivity index (χ0v) is 26.9. The van der Waals surface area contributed by atoms with Crippen LogP contribution in [-0.2, 0) is 0 Å². The molecule has 0 spiro atoms. The molecule has 2 fully saturated rings. The summed E-state index contributed by atoms with van der Waals surface area (Å²) >= 11 is 0. The molecule has 0 saturated heterocycles. The molecule has 0 radical (unpaired) electrons. The maximum atomic E-state index is 15.4. The molecule has 0 aliphatic heterocycles. The summed E-state index contributed by atoms with van der Waals surface area (Å²) in [4.78, 5) is 0. The molecule has 0 amide bonds. The highest BCUT2D eigenvalue weighted by molar-refractivity contribution is 5.71. The van der Waals surface area contributed by atoms with Crippen LogP contribution in [0.3, 0.4) is 0 Å². The van der Waals surface area contributed by atoms with Crippen molar-refractivity contribution in [3.63, 3.8) is 0 Å². The molecule has 0 N–H and O–H groups in total. The van der Waals surface area contributed by atoms with Crippen molar-refractivity contribution < 1.29 is 17.9 Å². The first-order valence-corrected chi connectivity index (χ1v) is 17.5. The van der Waals surface area contributed by atoms with Gasteiger partial charge in [-0.2, -0.15) is 4.39 Å². The molecule has 4 heteroatoms. The minimum absolute atomic E-state index is 0.0603. The first kappa shape index (κ1) is 32.6. The van der Waals surface area contributed by atoms with Gasteiger partial charge in [0.05, 0.1) is 6.61 Å². The average molecular weight is 605 g/mol. The van der Waals surface area contributed by atoms with Crippen LogP contribution < -0.4 is 4.74 Å². The molecule has 5 rings (SSSR count). The van der Waals surface area contributed by atoms with Crippen molar-refractivity contribution in [3.8, 4) is 28.0 Å². The van der Waals surface area contributed by atoms with Gasteiger partial charge < -0.3 is 4.74 Å². The van der Waals surface area contributed by atoms with Gasteiger partial charge >= 0.3 is 0 Å². The fourth-order valence-electron chi connectivity index (χ4n) is 7.80. The molecule has 0 bridgehead atoms. The van der Waals surface area contributed by atoms with E-state index in [0.29, 0.717) is 23.7 Å². The Kier molecular flexibility index (Phi) is 11.9. The van der Waals surface area contributed by atoms with Crippen molar-refractivity contribution in [2.75, 3.05) is 6.61 Å². The van der Waals surface area contributed by atoms with Gasteiger partial charge in [0.15, 0.2) is 11.6 Å². The number of ether oxygens (including phenoxy) is 1. The van der Waals surface area contributed by atoms with E-state index in [-0.39, 0.29) is 17.1 Å². The summed E-state index contributed by atoms with van der Waals surface area (Å²) < 4.78 is 50.5. The van der Waals surface area contributed by atoms with Gasteiger partial charge in [0.2, 0.25) is 5.82 Å². The monoisotopic (exact) mass is 604 g/mol. The molecule has 3 aromatic rings. The Morgan fingerprint density at radius 2 is 1.20 bits per heavy atom. The van der Waals surface area contributed by atoms with Crippen LogP contribution in [-0.4, -0.2) is 6.61 Å². The van der Waals surface area contributed by atoms with Crippen molar-refractivity contribution in [1.82, 2.24) is 0 Å². The number of hydrogen-bond donors (Lipinski definition) is 0. The normalized spacial score (nSPS) is 22.2.